The molecule has 412 valence electrons. The van der Waals surface area contributed by atoms with E-state index in [1.54, 1.807) is 45.2 Å². The fourth-order valence-corrected chi connectivity index (χ4v) is 10.0. The van der Waals surface area contributed by atoms with Crippen molar-refractivity contribution in [1.82, 2.24) is 20.4 Å². The number of likely N-dealkylation sites (N-methyl/N-ethyl adjacent to an activating group) is 1. The first-order valence-corrected chi connectivity index (χ1v) is 26.6. The Balaban J connectivity index is 1.10. The van der Waals surface area contributed by atoms with Crippen LogP contribution in [0.4, 0.5) is 10.5 Å². The number of likely N-dealkylation sites (tertiary alicyclic amines) is 1. The number of alkyl carbamates (subject to hydrolysis) is 1. The molecule has 0 aliphatic carbocycles. The van der Waals surface area contributed by atoms with Gasteiger partial charge in [-0.3, -0.25) is 34.2 Å². The third-order valence-corrected chi connectivity index (χ3v) is 15.1. The third-order valence-electron chi connectivity index (χ3n) is 13.8. The van der Waals surface area contributed by atoms with Crippen LogP contribution in [0.15, 0.2) is 35.9 Å². The standard InChI is InChI=1S/C51H74ClN5O16S/c1-31-13-12-14-39(67-8)51(65)30-37(71-49(64)54-51)32(2)46-50(4,73-46)40(29-43(60)56(6)35-26-34(25-31)27-36(66-7)45(35)52)72-48(63)33(3)55(5)42(59)16-11-10-15-41(58)53-17-19-68-21-23-70-24-22-69-20-18-57-44(61)28-38(74-9)47(57)62/h12-14,26-27,32-33,37-40,46,65H,10-11,15-25,28-30H2,1-9H3,(H,53,58)(H,54,64)/b14-12+,31-13+/t32-,33+,37?,38?,39-,40+,46+,50?,51+/m1/s1. The number of carbonyl (C=O) groups is 7. The molecule has 4 aliphatic heterocycles. The van der Waals surface area contributed by atoms with Gasteiger partial charge in [-0.25, -0.2) is 9.59 Å². The molecule has 9 atom stereocenters. The molecule has 0 aromatic heterocycles. The van der Waals surface area contributed by atoms with E-state index in [0.29, 0.717) is 57.1 Å². The van der Waals surface area contributed by atoms with Crippen LogP contribution < -0.4 is 20.3 Å². The third kappa shape index (κ3) is 15.9. The Kier molecular flexibility index (Phi) is 22.6. The number of esters is 1. The molecule has 74 heavy (non-hydrogen) atoms. The number of nitrogens with zero attached hydrogens (tertiary/aromatic N) is 3. The van der Waals surface area contributed by atoms with E-state index in [1.165, 1.54) is 54.7 Å². The second-order valence-corrected chi connectivity index (χ2v) is 20.5. The number of halogens is 1. The van der Waals surface area contributed by atoms with Gasteiger partial charge in [-0.2, -0.15) is 11.8 Å². The Morgan fingerprint density at radius 2 is 1.69 bits per heavy atom. The van der Waals surface area contributed by atoms with Gasteiger partial charge in [-0.05, 0) is 64.0 Å². The number of amides is 6. The van der Waals surface area contributed by atoms with E-state index in [9.17, 15) is 38.7 Å². The van der Waals surface area contributed by atoms with Gasteiger partial charge in [0.25, 0.3) is 0 Å². The molecule has 1 aromatic carbocycles. The highest BCUT2D eigenvalue weighted by molar-refractivity contribution is 8.00. The van der Waals surface area contributed by atoms with Crippen LogP contribution >= 0.6 is 23.4 Å². The molecule has 3 fully saturated rings. The predicted octanol–water partition coefficient (Wildman–Crippen LogP) is 3.73. The minimum atomic E-state index is -1.87. The summed E-state index contributed by atoms with van der Waals surface area (Å²) in [6, 6.07) is 2.46. The highest BCUT2D eigenvalue weighted by atomic mass is 35.5. The summed E-state index contributed by atoms with van der Waals surface area (Å²) in [5.74, 6) is -2.41. The number of anilines is 1. The number of carbonyl (C=O) groups excluding carboxylic acids is 7. The number of ether oxygens (including phenoxy) is 8. The van der Waals surface area contributed by atoms with Crippen LogP contribution in [0, 0.1) is 5.92 Å². The number of fused-ring (bicyclic) bond motifs is 5. The van der Waals surface area contributed by atoms with Gasteiger partial charge in [-0.15, -0.1) is 0 Å². The zero-order valence-electron chi connectivity index (χ0n) is 43.9. The SMILES string of the molecule is COc1cc2cc(c1Cl)N(C)C(=O)C[C@H](OC(=O)[C@H](C)N(C)C(=O)CCCCC(=O)NCCOCCOCCOCCN1C(=O)CC(SC)C1=O)C1(C)O[C@H]1[C@H](C)C1C[C@@](O)(NC(=O)O1)[C@H](OC)/C=C/C=C(\C)C2. The van der Waals surface area contributed by atoms with Gasteiger partial charge in [0, 0.05) is 59.4 Å². The number of epoxide rings is 1. The van der Waals surface area contributed by atoms with Crippen LogP contribution in [0.3, 0.4) is 0 Å². The molecule has 1 aromatic rings. The molecule has 3 saturated heterocycles. The molecule has 6 amide bonds. The molecule has 0 radical (unpaired) electrons. The average Bonchev–Trinajstić information content (AvgIpc) is 3.99. The molecular formula is C51H74ClN5O16S. The number of aliphatic hydroxyl groups is 1. The quantitative estimate of drug-likeness (QED) is 0.0611. The van der Waals surface area contributed by atoms with Gasteiger partial charge in [0.1, 0.15) is 40.7 Å². The highest BCUT2D eigenvalue weighted by Crippen LogP contribution is 2.49. The van der Waals surface area contributed by atoms with E-state index in [2.05, 4.69) is 10.6 Å². The van der Waals surface area contributed by atoms with E-state index >= 15 is 0 Å². The van der Waals surface area contributed by atoms with Crippen molar-refractivity contribution in [2.24, 2.45) is 5.92 Å². The summed E-state index contributed by atoms with van der Waals surface area (Å²) < 4.78 is 45.9. The number of nitrogens with one attached hydrogen (secondary N) is 2. The zero-order valence-corrected chi connectivity index (χ0v) is 45.5. The Labute approximate surface area is 442 Å². The van der Waals surface area contributed by atoms with E-state index in [1.807, 2.05) is 19.3 Å². The lowest BCUT2D eigenvalue weighted by Crippen LogP contribution is -2.63. The molecule has 23 heteroatoms. The summed E-state index contributed by atoms with van der Waals surface area (Å²) in [6.45, 7) is 9.16. The van der Waals surface area contributed by atoms with Crippen molar-refractivity contribution in [3.63, 3.8) is 0 Å². The van der Waals surface area contributed by atoms with Crippen LogP contribution in [0.5, 0.6) is 5.75 Å². The van der Waals surface area contributed by atoms with Crippen LogP contribution in [0.2, 0.25) is 5.02 Å². The van der Waals surface area contributed by atoms with E-state index in [-0.39, 0.29) is 92.3 Å². The van der Waals surface area contributed by atoms with Gasteiger partial charge in [0.2, 0.25) is 29.5 Å². The minimum Gasteiger partial charge on any atom is -0.495 e. The van der Waals surface area contributed by atoms with E-state index in [4.69, 9.17) is 49.5 Å². The van der Waals surface area contributed by atoms with E-state index < -0.39 is 65.7 Å². The highest BCUT2D eigenvalue weighted by Gasteiger charge is 2.64. The minimum absolute atomic E-state index is 0.0543. The largest absolute Gasteiger partial charge is 0.495 e. The number of rotatable bonds is 23. The van der Waals surface area contributed by atoms with Crippen LogP contribution in [0.1, 0.15) is 78.2 Å². The number of hydrogen-bond donors (Lipinski definition) is 3. The normalized spacial score (nSPS) is 27.8. The number of imide groups is 1. The summed E-state index contributed by atoms with van der Waals surface area (Å²) >= 11 is 8.18. The Hall–Kier alpha value is -4.81. The number of hydrogen-bond acceptors (Lipinski definition) is 17. The first-order valence-electron chi connectivity index (χ1n) is 24.9. The maximum Gasteiger partial charge on any atom is 0.409 e. The topological polar surface area (TPSA) is 251 Å². The molecule has 3 N–H and O–H groups in total. The number of methoxy groups -OCH3 is 2. The van der Waals surface area contributed by atoms with Crippen LogP contribution in [0.25, 0.3) is 0 Å². The fourth-order valence-electron chi connectivity index (χ4n) is 9.08. The number of thioether (sulfide) groups is 1. The molecule has 4 heterocycles. The monoisotopic (exact) mass is 1080 g/mol. The summed E-state index contributed by atoms with van der Waals surface area (Å²) in [4.78, 5) is 95.1. The zero-order chi connectivity index (χ0) is 54.3. The van der Waals surface area contributed by atoms with Crippen LogP contribution in [-0.2, 0) is 68.3 Å². The second kappa shape index (κ2) is 27.8. The van der Waals surface area contributed by atoms with Crippen molar-refractivity contribution in [3.8, 4) is 5.75 Å². The Morgan fingerprint density at radius 1 is 1.01 bits per heavy atom. The van der Waals surface area contributed by atoms with Crippen molar-refractivity contribution in [2.75, 3.05) is 92.2 Å². The molecule has 0 saturated carbocycles. The van der Waals surface area contributed by atoms with Crippen molar-refractivity contribution in [3.05, 3.63) is 46.5 Å². The molecule has 3 unspecified atom stereocenters. The van der Waals surface area contributed by atoms with Gasteiger partial charge >= 0.3 is 12.1 Å². The number of unbranched alkanes of at least 4 members (excludes halogenated alkanes) is 1. The molecule has 4 aliphatic rings. The van der Waals surface area contributed by atoms with Crippen molar-refractivity contribution in [2.45, 2.75) is 126 Å². The lowest BCUT2D eigenvalue weighted by molar-refractivity contribution is -0.162. The molecule has 21 nitrogen and oxygen atoms in total. The fraction of sp³-hybridized carbons (Fsp3) is 0.667. The first-order chi connectivity index (χ1) is 35.2. The average molecular weight is 1080 g/mol. The maximum atomic E-state index is 14.3. The summed E-state index contributed by atoms with van der Waals surface area (Å²) in [5, 5.41) is 17.0. The lowest BCUT2D eigenvalue weighted by Gasteiger charge is -2.42. The van der Waals surface area contributed by atoms with Crippen molar-refractivity contribution in [1.29, 1.82) is 0 Å². The van der Waals surface area contributed by atoms with Crippen molar-refractivity contribution >= 4 is 70.6 Å². The van der Waals surface area contributed by atoms with Gasteiger partial charge in [-0.1, -0.05) is 42.3 Å². The Morgan fingerprint density at radius 3 is 2.35 bits per heavy atom. The molecule has 5 rings (SSSR count). The molecule has 0 spiro atoms. The summed E-state index contributed by atoms with van der Waals surface area (Å²) in [7, 11) is 5.92. The van der Waals surface area contributed by atoms with Gasteiger partial charge < -0.3 is 58.1 Å². The van der Waals surface area contributed by atoms with Gasteiger partial charge in [0.15, 0.2) is 5.72 Å². The van der Waals surface area contributed by atoms with Gasteiger partial charge in [0.05, 0.1) is 76.8 Å². The number of allylic oxidation sites excluding steroid dienone is 3. The molecular weight excluding hydrogens is 1010 g/mol. The summed E-state index contributed by atoms with van der Waals surface area (Å²) in [5.41, 5.74) is -1.11. The van der Waals surface area contributed by atoms with E-state index in [0.717, 1.165) is 11.1 Å². The smallest absolute Gasteiger partial charge is 0.409 e. The van der Waals surface area contributed by atoms with Crippen LogP contribution in [-0.4, -0.2) is 191 Å². The number of benzene rings is 1. The lowest BCUT2D eigenvalue weighted by atomic mass is 9.83. The first kappa shape index (κ1) is 60.1. The second-order valence-electron chi connectivity index (χ2n) is 19.1. The molecule has 4 bridgehead atoms. The predicted molar refractivity (Wildman–Crippen MR) is 274 cm³/mol. The summed E-state index contributed by atoms with van der Waals surface area (Å²) in [6.07, 6.45) is 3.58. The maximum absolute atomic E-state index is 14.3. The van der Waals surface area contributed by atoms with Crippen molar-refractivity contribution < 1.29 is 76.6 Å². The Bertz CT molecular complexity index is 2240.